The molecular formula is C24H27NO6. The SMILES string of the molecule is COc1ccc2c(CC(=O)OCC(=O)c3cc(C)n(C[C@@H]4CCCO4)c3C)coc2c1. The van der Waals surface area contributed by atoms with Gasteiger partial charge in [0.25, 0.3) is 0 Å². The van der Waals surface area contributed by atoms with Crippen molar-refractivity contribution in [1.29, 1.82) is 0 Å². The van der Waals surface area contributed by atoms with Gasteiger partial charge in [0.15, 0.2) is 6.61 Å². The van der Waals surface area contributed by atoms with E-state index in [1.54, 1.807) is 13.2 Å². The van der Waals surface area contributed by atoms with Crippen LogP contribution in [-0.2, 0) is 27.2 Å². The zero-order valence-corrected chi connectivity index (χ0v) is 18.1. The van der Waals surface area contributed by atoms with Crippen LogP contribution in [0.15, 0.2) is 34.9 Å². The lowest BCUT2D eigenvalue weighted by molar-refractivity contribution is -0.141. The summed E-state index contributed by atoms with van der Waals surface area (Å²) in [5, 5.41) is 0.821. The first-order chi connectivity index (χ1) is 15.0. The molecule has 3 aromatic rings. The minimum absolute atomic E-state index is 0.0324. The molecule has 0 spiro atoms. The molecule has 0 radical (unpaired) electrons. The number of carbonyl (C=O) groups is 2. The first-order valence-electron chi connectivity index (χ1n) is 10.5. The Hall–Kier alpha value is -3.06. The lowest BCUT2D eigenvalue weighted by Gasteiger charge is -2.14. The largest absolute Gasteiger partial charge is 0.497 e. The number of furan rings is 1. The molecular weight excluding hydrogens is 398 g/mol. The first-order valence-corrected chi connectivity index (χ1v) is 10.5. The summed E-state index contributed by atoms with van der Waals surface area (Å²) in [5.74, 6) is 0.000488. The van der Waals surface area contributed by atoms with Crippen molar-refractivity contribution in [2.24, 2.45) is 0 Å². The highest BCUT2D eigenvalue weighted by atomic mass is 16.5. The van der Waals surface area contributed by atoms with Crippen LogP contribution in [0, 0.1) is 13.8 Å². The normalized spacial score (nSPS) is 16.0. The third kappa shape index (κ3) is 4.51. The summed E-state index contributed by atoms with van der Waals surface area (Å²) in [7, 11) is 1.58. The second kappa shape index (κ2) is 8.98. The fraction of sp³-hybridized carbons (Fsp3) is 0.417. The van der Waals surface area contributed by atoms with Crippen LogP contribution in [0.25, 0.3) is 11.0 Å². The van der Waals surface area contributed by atoms with Gasteiger partial charge in [-0.3, -0.25) is 9.59 Å². The van der Waals surface area contributed by atoms with Gasteiger partial charge in [0.2, 0.25) is 5.78 Å². The van der Waals surface area contributed by atoms with Crippen molar-refractivity contribution in [2.75, 3.05) is 20.3 Å². The third-order valence-corrected chi connectivity index (χ3v) is 5.85. The number of hydrogen-bond acceptors (Lipinski definition) is 6. The monoisotopic (exact) mass is 425 g/mol. The van der Waals surface area contributed by atoms with Crippen LogP contribution in [0.1, 0.15) is 40.2 Å². The minimum atomic E-state index is -0.472. The summed E-state index contributed by atoms with van der Waals surface area (Å²) in [6.07, 6.45) is 3.87. The molecule has 7 nitrogen and oxygen atoms in total. The topological polar surface area (TPSA) is 79.9 Å². The molecule has 0 aliphatic carbocycles. The zero-order chi connectivity index (χ0) is 22.0. The summed E-state index contributed by atoms with van der Waals surface area (Å²) in [5.41, 5.74) is 3.82. The molecule has 1 saturated heterocycles. The molecule has 0 amide bonds. The van der Waals surface area contributed by atoms with Crippen molar-refractivity contribution in [2.45, 2.75) is 45.8 Å². The average Bonchev–Trinajstić information content (AvgIpc) is 3.48. The van der Waals surface area contributed by atoms with Crippen molar-refractivity contribution in [1.82, 2.24) is 4.57 Å². The number of hydrogen-bond donors (Lipinski definition) is 0. The van der Waals surface area contributed by atoms with Crippen molar-refractivity contribution < 1.29 is 28.2 Å². The standard InChI is InChI=1S/C24H27NO6/c1-15-9-21(16(2)25(15)12-19-5-4-8-29-19)22(26)14-31-24(27)10-17-13-30-23-11-18(28-3)6-7-20(17)23/h6-7,9,11,13,19H,4-5,8,10,12,14H2,1-3H3/t19-/m0/s1. The second-order valence-corrected chi connectivity index (χ2v) is 7.91. The Kier molecular flexibility index (Phi) is 6.13. The summed E-state index contributed by atoms with van der Waals surface area (Å²) < 4.78 is 23.8. The maximum atomic E-state index is 12.7. The Bertz CT molecular complexity index is 1100. The van der Waals surface area contributed by atoms with Crippen molar-refractivity contribution >= 4 is 22.7 Å². The van der Waals surface area contributed by atoms with Crippen LogP contribution in [-0.4, -0.2) is 42.7 Å². The number of aromatic nitrogens is 1. The quantitative estimate of drug-likeness (QED) is 0.401. The van der Waals surface area contributed by atoms with Gasteiger partial charge in [-0.25, -0.2) is 0 Å². The molecule has 164 valence electrons. The van der Waals surface area contributed by atoms with E-state index in [1.807, 2.05) is 32.0 Å². The molecule has 1 fully saturated rings. The fourth-order valence-electron chi connectivity index (χ4n) is 4.11. The van der Waals surface area contributed by atoms with Crippen LogP contribution in [0.4, 0.5) is 0 Å². The summed E-state index contributed by atoms with van der Waals surface area (Å²) in [6, 6.07) is 7.27. The molecule has 31 heavy (non-hydrogen) atoms. The molecule has 3 heterocycles. The predicted molar refractivity (Wildman–Crippen MR) is 115 cm³/mol. The number of carbonyl (C=O) groups excluding carboxylic acids is 2. The van der Waals surface area contributed by atoms with Crippen molar-refractivity contribution in [3.8, 4) is 5.75 Å². The first kappa shape index (κ1) is 21.2. The molecule has 1 atom stereocenters. The molecule has 0 bridgehead atoms. The molecule has 0 saturated carbocycles. The molecule has 0 unspecified atom stereocenters. The van der Waals surface area contributed by atoms with E-state index in [4.69, 9.17) is 18.6 Å². The Balaban J connectivity index is 1.37. The van der Waals surface area contributed by atoms with E-state index in [2.05, 4.69) is 4.57 Å². The Morgan fingerprint density at radius 1 is 1.23 bits per heavy atom. The highest BCUT2D eigenvalue weighted by Crippen LogP contribution is 2.26. The van der Waals surface area contributed by atoms with Crippen LogP contribution >= 0.6 is 0 Å². The van der Waals surface area contributed by atoms with Crippen LogP contribution in [0.2, 0.25) is 0 Å². The van der Waals surface area contributed by atoms with E-state index in [1.165, 1.54) is 6.26 Å². The van der Waals surface area contributed by atoms with Gasteiger partial charge < -0.3 is 23.2 Å². The number of fused-ring (bicyclic) bond motifs is 1. The minimum Gasteiger partial charge on any atom is -0.497 e. The second-order valence-electron chi connectivity index (χ2n) is 7.91. The van der Waals surface area contributed by atoms with Gasteiger partial charge in [-0.05, 0) is 44.9 Å². The van der Waals surface area contributed by atoms with E-state index < -0.39 is 5.97 Å². The zero-order valence-electron chi connectivity index (χ0n) is 18.1. The van der Waals surface area contributed by atoms with E-state index in [0.29, 0.717) is 22.5 Å². The molecule has 1 aromatic carbocycles. The van der Waals surface area contributed by atoms with Gasteiger partial charge >= 0.3 is 5.97 Å². The smallest absolute Gasteiger partial charge is 0.310 e. The van der Waals surface area contributed by atoms with Crippen LogP contribution in [0.5, 0.6) is 5.75 Å². The fourth-order valence-corrected chi connectivity index (χ4v) is 4.11. The van der Waals surface area contributed by atoms with E-state index in [9.17, 15) is 9.59 Å². The average molecular weight is 425 g/mol. The third-order valence-electron chi connectivity index (χ3n) is 5.85. The van der Waals surface area contributed by atoms with E-state index in [0.717, 1.165) is 42.8 Å². The molecule has 1 aliphatic heterocycles. The number of esters is 1. The Labute approximate surface area is 180 Å². The number of ketones is 1. The number of nitrogens with zero attached hydrogens (tertiary/aromatic N) is 1. The number of methoxy groups -OCH3 is 1. The van der Waals surface area contributed by atoms with E-state index in [-0.39, 0.29) is 24.9 Å². The lowest BCUT2D eigenvalue weighted by Crippen LogP contribution is -2.18. The number of rotatable bonds is 8. The summed E-state index contributed by atoms with van der Waals surface area (Å²) in [6.45, 7) is 5.15. The number of aryl methyl sites for hydroxylation is 1. The van der Waals surface area contributed by atoms with Crippen molar-refractivity contribution in [3.05, 3.63) is 53.0 Å². The summed E-state index contributed by atoms with van der Waals surface area (Å²) >= 11 is 0. The Morgan fingerprint density at radius 2 is 2.06 bits per heavy atom. The molecule has 2 aromatic heterocycles. The van der Waals surface area contributed by atoms with Gasteiger partial charge in [0.05, 0.1) is 25.9 Å². The van der Waals surface area contributed by atoms with Gasteiger partial charge in [-0.15, -0.1) is 0 Å². The van der Waals surface area contributed by atoms with E-state index >= 15 is 0 Å². The van der Waals surface area contributed by atoms with Crippen LogP contribution < -0.4 is 4.74 Å². The molecule has 1 aliphatic rings. The molecule has 7 heteroatoms. The van der Waals surface area contributed by atoms with Crippen LogP contribution in [0.3, 0.4) is 0 Å². The lowest BCUT2D eigenvalue weighted by atomic mass is 10.1. The maximum Gasteiger partial charge on any atom is 0.310 e. The predicted octanol–water partition coefficient (Wildman–Crippen LogP) is 4.01. The molecule has 0 N–H and O–H groups in total. The number of ether oxygens (including phenoxy) is 3. The van der Waals surface area contributed by atoms with Gasteiger partial charge in [-0.1, -0.05) is 0 Å². The van der Waals surface area contributed by atoms with Crippen molar-refractivity contribution in [3.63, 3.8) is 0 Å². The molecule has 4 rings (SSSR count). The number of benzene rings is 1. The maximum absolute atomic E-state index is 12.7. The highest BCUT2D eigenvalue weighted by molar-refractivity contribution is 5.99. The summed E-state index contributed by atoms with van der Waals surface area (Å²) in [4.78, 5) is 25.0. The van der Waals surface area contributed by atoms with Gasteiger partial charge in [0, 0.05) is 47.1 Å². The highest BCUT2D eigenvalue weighted by Gasteiger charge is 2.22. The van der Waals surface area contributed by atoms with Gasteiger partial charge in [-0.2, -0.15) is 0 Å². The Morgan fingerprint density at radius 3 is 2.81 bits per heavy atom. The van der Waals surface area contributed by atoms with Gasteiger partial charge in [0.1, 0.15) is 11.3 Å². The number of Topliss-reactive ketones (excluding diaryl/α,β-unsaturated/α-hetero) is 1.